The van der Waals surface area contributed by atoms with Crippen LogP contribution in [-0.2, 0) is 17.8 Å². The highest BCUT2D eigenvalue weighted by Gasteiger charge is 2.15. The number of benzene rings is 2. The molecule has 1 aromatic heterocycles. The molecule has 1 N–H and O–H groups in total. The average molecular weight is 362 g/mol. The SMILES string of the molecule is Cc1ccc(-c2nnn(CC(=O)Nc3ccc4c(c3)N(C)CCC4)n2)cc1. The van der Waals surface area contributed by atoms with Crippen molar-refractivity contribution in [2.45, 2.75) is 26.3 Å². The Morgan fingerprint density at radius 2 is 2.00 bits per heavy atom. The lowest BCUT2D eigenvalue weighted by atomic mass is 10.0. The summed E-state index contributed by atoms with van der Waals surface area (Å²) in [7, 11) is 2.08. The van der Waals surface area contributed by atoms with Gasteiger partial charge in [-0.05, 0) is 42.7 Å². The topological polar surface area (TPSA) is 75.9 Å². The van der Waals surface area contributed by atoms with Gasteiger partial charge in [-0.25, -0.2) is 0 Å². The largest absolute Gasteiger partial charge is 0.374 e. The Bertz CT molecular complexity index is 963. The molecule has 7 heteroatoms. The number of hydrogen-bond donors (Lipinski definition) is 1. The Hall–Kier alpha value is -3.22. The van der Waals surface area contributed by atoms with E-state index in [2.05, 4.69) is 38.7 Å². The van der Waals surface area contributed by atoms with Gasteiger partial charge in [0.1, 0.15) is 6.54 Å². The normalized spacial score (nSPS) is 13.3. The third-order valence-corrected chi connectivity index (χ3v) is 4.77. The van der Waals surface area contributed by atoms with Crippen LogP contribution < -0.4 is 10.2 Å². The predicted octanol–water partition coefficient (Wildman–Crippen LogP) is 2.67. The molecule has 1 amide bonds. The Labute approximate surface area is 158 Å². The minimum absolute atomic E-state index is 0.0196. The number of carbonyl (C=O) groups is 1. The fraction of sp³-hybridized carbons (Fsp3) is 0.300. The van der Waals surface area contributed by atoms with Crippen LogP contribution in [0.15, 0.2) is 42.5 Å². The number of aryl methyl sites for hydroxylation is 2. The van der Waals surface area contributed by atoms with Crippen molar-refractivity contribution in [1.29, 1.82) is 0 Å². The summed E-state index contributed by atoms with van der Waals surface area (Å²) in [5.74, 6) is 0.333. The van der Waals surface area contributed by atoms with E-state index in [0.29, 0.717) is 5.82 Å². The lowest BCUT2D eigenvalue weighted by molar-refractivity contribution is -0.117. The van der Waals surface area contributed by atoms with E-state index in [-0.39, 0.29) is 12.5 Å². The van der Waals surface area contributed by atoms with Gasteiger partial charge in [-0.2, -0.15) is 4.80 Å². The van der Waals surface area contributed by atoms with Gasteiger partial charge < -0.3 is 10.2 Å². The molecule has 1 aliphatic rings. The summed E-state index contributed by atoms with van der Waals surface area (Å²) < 4.78 is 0. The molecule has 138 valence electrons. The van der Waals surface area contributed by atoms with Gasteiger partial charge in [0.25, 0.3) is 0 Å². The Morgan fingerprint density at radius 1 is 1.19 bits per heavy atom. The lowest BCUT2D eigenvalue weighted by Crippen LogP contribution is -2.25. The number of nitrogens with zero attached hydrogens (tertiary/aromatic N) is 5. The Balaban J connectivity index is 1.43. The lowest BCUT2D eigenvalue weighted by Gasteiger charge is -2.28. The zero-order valence-corrected chi connectivity index (χ0v) is 15.5. The number of fused-ring (bicyclic) bond motifs is 1. The van der Waals surface area contributed by atoms with Crippen LogP contribution in [0.2, 0.25) is 0 Å². The number of nitrogens with one attached hydrogen (secondary N) is 1. The van der Waals surface area contributed by atoms with Gasteiger partial charge in [-0.1, -0.05) is 35.9 Å². The molecule has 0 bridgehead atoms. The number of aromatic nitrogens is 4. The van der Waals surface area contributed by atoms with Gasteiger partial charge in [0.2, 0.25) is 11.7 Å². The van der Waals surface area contributed by atoms with Crippen molar-refractivity contribution >= 4 is 17.3 Å². The molecule has 0 saturated carbocycles. The van der Waals surface area contributed by atoms with Gasteiger partial charge in [-0.3, -0.25) is 4.79 Å². The minimum Gasteiger partial charge on any atom is -0.374 e. The molecule has 0 spiro atoms. The average Bonchev–Trinajstić information content (AvgIpc) is 3.11. The van der Waals surface area contributed by atoms with Gasteiger partial charge >= 0.3 is 0 Å². The third-order valence-electron chi connectivity index (χ3n) is 4.77. The van der Waals surface area contributed by atoms with Crippen molar-refractivity contribution < 1.29 is 4.79 Å². The van der Waals surface area contributed by atoms with Crippen LogP contribution in [0.1, 0.15) is 17.5 Å². The van der Waals surface area contributed by atoms with Crippen molar-refractivity contribution in [1.82, 2.24) is 20.2 Å². The molecule has 7 nitrogen and oxygen atoms in total. The number of hydrogen-bond acceptors (Lipinski definition) is 5. The summed E-state index contributed by atoms with van der Waals surface area (Å²) in [5, 5.41) is 15.2. The second-order valence-electron chi connectivity index (χ2n) is 6.93. The van der Waals surface area contributed by atoms with E-state index >= 15 is 0 Å². The van der Waals surface area contributed by atoms with Crippen molar-refractivity contribution in [2.75, 3.05) is 23.8 Å². The molecule has 2 heterocycles. The minimum atomic E-state index is -0.179. The Morgan fingerprint density at radius 3 is 2.81 bits per heavy atom. The van der Waals surface area contributed by atoms with Crippen LogP contribution in [0.25, 0.3) is 11.4 Å². The van der Waals surface area contributed by atoms with Gasteiger partial charge in [0, 0.05) is 30.5 Å². The van der Waals surface area contributed by atoms with E-state index in [4.69, 9.17) is 0 Å². The van der Waals surface area contributed by atoms with Crippen molar-refractivity contribution in [3.63, 3.8) is 0 Å². The molecule has 0 aliphatic carbocycles. The number of anilines is 2. The fourth-order valence-corrected chi connectivity index (χ4v) is 3.29. The van der Waals surface area contributed by atoms with Crippen molar-refractivity contribution in [2.24, 2.45) is 0 Å². The highest BCUT2D eigenvalue weighted by molar-refractivity contribution is 5.91. The zero-order valence-electron chi connectivity index (χ0n) is 15.5. The van der Waals surface area contributed by atoms with E-state index in [9.17, 15) is 4.79 Å². The van der Waals surface area contributed by atoms with Crippen LogP contribution in [0, 0.1) is 6.92 Å². The number of rotatable bonds is 4. The van der Waals surface area contributed by atoms with Crippen LogP contribution in [0.3, 0.4) is 0 Å². The molecule has 0 saturated heterocycles. The first kappa shape index (κ1) is 17.2. The number of carbonyl (C=O) groups excluding carboxylic acids is 1. The smallest absolute Gasteiger partial charge is 0.248 e. The first-order chi connectivity index (χ1) is 13.1. The summed E-state index contributed by atoms with van der Waals surface area (Å²) in [6.07, 6.45) is 2.25. The fourth-order valence-electron chi connectivity index (χ4n) is 3.29. The molecule has 0 fully saturated rings. The molecule has 0 radical (unpaired) electrons. The first-order valence-corrected chi connectivity index (χ1v) is 9.07. The molecule has 27 heavy (non-hydrogen) atoms. The van der Waals surface area contributed by atoms with Gasteiger partial charge in [-0.15, -0.1) is 10.2 Å². The Kier molecular flexibility index (Phi) is 4.58. The van der Waals surface area contributed by atoms with E-state index in [0.717, 1.165) is 30.6 Å². The summed E-state index contributed by atoms with van der Waals surface area (Å²) in [4.78, 5) is 15.9. The summed E-state index contributed by atoms with van der Waals surface area (Å²) in [5.41, 5.74) is 5.33. The van der Waals surface area contributed by atoms with Gasteiger partial charge in [0.05, 0.1) is 0 Å². The van der Waals surface area contributed by atoms with E-state index in [1.165, 1.54) is 21.6 Å². The standard InChI is InChI=1S/C20H22N6O/c1-14-5-7-16(8-6-14)20-22-24-26(23-20)13-19(27)21-17-10-9-15-4-3-11-25(2)18(15)12-17/h5-10,12H,3-4,11,13H2,1-2H3,(H,21,27). The van der Waals surface area contributed by atoms with Crippen molar-refractivity contribution in [3.8, 4) is 11.4 Å². The number of tetrazole rings is 1. The van der Waals surface area contributed by atoms with Crippen LogP contribution in [0.5, 0.6) is 0 Å². The van der Waals surface area contributed by atoms with E-state index in [1.807, 2.05) is 43.3 Å². The highest BCUT2D eigenvalue weighted by Crippen LogP contribution is 2.28. The highest BCUT2D eigenvalue weighted by atomic mass is 16.2. The third kappa shape index (κ3) is 3.81. The quantitative estimate of drug-likeness (QED) is 0.772. The zero-order chi connectivity index (χ0) is 18.8. The maximum Gasteiger partial charge on any atom is 0.248 e. The summed E-state index contributed by atoms with van der Waals surface area (Å²) in [6.45, 7) is 3.08. The molecule has 1 aliphatic heterocycles. The maximum atomic E-state index is 12.4. The van der Waals surface area contributed by atoms with Crippen LogP contribution >= 0.6 is 0 Å². The molecule has 3 aromatic rings. The molecular weight excluding hydrogens is 340 g/mol. The van der Waals surface area contributed by atoms with Crippen molar-refractivity contribution in [3.05, 3.63) is 53.6 Å². The van der Waals surface area contributed by atoms with Crippen LogP contribution in [0.4, 0.5) is 11.4 Å². The maximum absolute atomic E-state index is 12.4. The van der Waals surface area contributed by atoms with E-state index < -0.39 is 0 Å². The molecule has 0 unspecified atom stereocenters. The predicted molar refractivity (Wildman–Crippen MR) is 105 cm³/mol. The monoisotopic (exact) mass is 362 g/mol. The van der Waals surface area contributed by atoms with Gasteiger partial charge in [0.15, 0.2) is 0 Å². The number of amides is 1. The molecule has 4 rings (SSSR count). The summed E-state index contributed by atoms with van der Waals surface area (Å²) >= 11 is 0. The first-order valence-electron chi connectivity index (χ1n) is 9.07. The van der Waals surface area contributed by atoms with Crippen LogP contribution in [-0.4, -0.2) is 39.7 Å². The second kappa shape index (κ2) is 7.19. The molecule has 2 aromatic carbocycles. The molecule has 0 atom stereocenters. The van der Waals surface area contributed by atoms with E-state index in [1.54, 1.807) is 0 Å². The molecular formula is C20H22N6O. The summed E-state index contributed by atoms with van der Waals surface area (Å²) in [6, 6.07) is 13.9. The second-order valence-corrected chi connectivity index (χ2v) is 6.93.